The van der Waals surface area contributed by atoms with Crippen LogP contribution < -0.4 is 5.32 Å². The molecule has 0 saturated carbocycles. The van der Waals surface area contributed by atoms with E-state index in [0.717, 1.165) is 31.2 Å². The first-order valence-corrected chi connectivity index (χ1v) is 8.69. The van der Waals surface area contributed by atoms with Gasteiger partial charge in [-0.25, -0.2) is 9.18 Å². The molecule has 1 amide bonds. The fourth-order valence-electron chi connectivity index (χ4n) is 2.70. The van der Waals surface area contributed by atoms with E-state index in [9.17, 15) is 14.0 Å². The lowest BCUT2D eigenvalue weighted by Crippen LogP contribution is -2.21. The predicted octanol–water partition coefficient (Wildman–Crippen LogP) is 3.87. The third kappa shape index (κ3) is 3.82. The average Bonchev–Trinajstić information content (AvgIpc) is 2.99. The highest BCUT2D eigenvalue weighted by molar-refractivity contribution is 7.14. The maximum atomic E-state index is 13.7. The summed E-state index contributed by atoms with van der Waals surface area (Å²) in [5.74, 6) is -1.58. The first-order chi connectivity index (χ1) is 11.5. The molecule has 126 valence electrons. The van der Waals surface area contributed by atoms with E-state index in [1.54, 1.807) is 13.0 Å². The number of ether oxygens (including phenoxy) is 1. The lowest BCUT2D eigenvalue weighted by atomic mass is 9.99. The van der Waals surface area contributed by atoms with Crippen molar-refractivity contribution in [2.24, 2.45) is 0 Å². The first-order valence-electron chi connectivity index (χ1n) is 7.87. The van der Waals surface area contributed by atoms with E-state index in [-0.39, 0.29) is 5.69 Å². The van der Waals surface area contributed by atoms with Crippen LogP contribution in [0.4, 0.5) is 10.1 Å². The van der Waals surface area contributed by atoms with Gasteiger partial charge in [0.1, 0.15) is 10.7 Å². The van der Waals surface area contributed by atoms with Crippen molar-refractivity contribution in [3.05, 3.63) is 51.0 Å². The summed E-state index contributed by atoms with van der Waals surface area (Å²) in [6.07, 6.45) is 4.28. The van der Waals surface area contributed by atoms with Gasteiger partial charge in [-0.05, 0) is 61.9 Å². The van der Waals surface area contributed by atoms with E-state index in [1.807, 2.05) is 6.07 Å². The van der Waals surface area contributed by atoms with E-state index in [2.05, 4.69) is 5.32 Å². The van der Waals surface area contributed by atoms with Crippen LogP contribution >= 0.6 is 11.3 Å². The molecule has 1 aromatic heterocycles. The Labute approximate surface area is 143 Å². The Morgan fingerprint density at radius 2 is 2.04 bits per heavy atom. The summed E-state index contributed by atoms with van der Waals surface area (Å²) < 4.78 is 18.7. The highest BCUT2D eigenvalue weighted by Crippen LogP contribution is 2.30. The average molecular weight is 347 g/mol. The fourth-order valence-corrected chi connectivity index (χ4v) is 3.85. The molecule has 1 aliphatic carbocycles. The Bertz CT molecular complexity index is 761. The van der Waals surface area contributed by atoms with Crippen molar-refractivity contribution in [1.82, 2.24) is 0 Å². The van der Waals surface area contributed by atoms with E-state index >= 15 is 0 Å². The van der Waals surface area contributed by atoms with Crippen molar-refractivity contribution in [3.63, 3.8) is 0 Å². The fraction of sp³-hybridized carbons (Fsp3) is 0.333. The molecule has 1 aromatic carbocycles. The molecule has 0 saturated heterocycles. The Balaban J connectivity index is 1.55. The van der Waals surface area contributed by atoms with Crippen LogP contribution in [0, 0.1) is 12.7 Å². The SMILES string of the molecule is Cc1ccc(NC(=O)COC(=O)c2cc3c(s2)CCCC3)c(F)c1. The summed E-state index contributed by atoms with van der Waals surface area (Å²) in [4.78, 5) is 25.7. The van der Waals surface area contributed by atoms with E-state index in [4.69, 9.17) is 4.74 Å². The lowest BCUT2D eigenvalue weighted by Gasteiger charge is -2.08. The highest BCUT2D eigenvalue weighted by atomic mass is 32.1. The largest absolute Gasteiger partial charge is 0.451 e. The van der Waals surface area contributed by atoms with Crippen LogP contribution in [0.15, 0.2) is 24.3 Å². The van der Waals surface area contributed by atoms with Gasteiger partial charge in [-0.3, -0.25) is 4.79 Å². The van der Waals surface area contributed by atoms with Crippen LogP contribution in [-0.2, 0) is 22.4 Å². The number of nitrogens with one attached hydrogen (secondary N) is 1. The van der Waals surface area contributed by atoms with Gasteiger partial charge in [0.05, 0.1) is 5.69 Å². The number of esters is 1. The van der Waals surface area contributed by atoms with Crippen LogP contribution in [0.5, 0.6) is 0 Å². The minimum absolute atomic E-state index is 0.0771. The second-order valence-electron chi connectivity index (χ2n) is 5.87. The zero-order valence-electron chi connectivity index (χ0n) is 13.4. The minimum Gasteiger partial charge on any atom is -0.451 e. The molecule has 2 aromatic rings. The van der Waals surface area contributed by atoms with Crippen LogP contribution in [0.25, 0.3) is 0 Å². The van der Waals surface area contributed by atoms with E-state index in [0.29, 0.717) is 4.88 Å². The second kappa shape index (κ2) is 7.13. The molecule has 6 heteroatoms. The number of aryl methyl sites for hydroxylation is 3. The number of benzene rings is 1. The van der Waals surface area contributed by atoms with Gasteiger partial charge in [0.25, 0.3) is 5.91 Å². The summed E-state index contributed by atoms with van der Waals surface area (Å²) in [6.45, 7) is 1.33. The summed E-state index contributed by atoms with van der Waals surface area (Å²) in [5.41, 5.74) is 2.05. The van der Waals surface area contributed by atoms with Crippen molar-refractivity contribution in [2.45, 2.75) is 32.6 Å². The van der Waals surface area contributed by atoms with Gasteiger partial charge in [0.15, 0.2) is 6.61 Å². The van der Waals surface area contributed by atoms with Crippen LogP contribution in [0.1, 0.15) is 38.5 Å². The number of amides is 1. The normalized spacial score (nSPS) is 13.2. The molecule has 0 aliphatic heterocycles. The number of carbonyl (C=O) groups is 2. The molecule has 0 radical (unpaired) electrons. The number of fused-ring (bicyclic) bond motifs is 1. The number of hydrogen-bond acceptors (Lipinski definition) is 4. The van der Waals surface area contributed by atoms with Crippen LogP contribution in [0.2, 0.25) is 0 Å². The van der Waals surface area contributed by atoms with Gasteiger partial charge < -0.3 is 10.1 Å². The van der Waals surface area contributed by atoms with Gasteiger partial charge in [0.2, 0.25) is 0 Å². The summed E-state index contributed by atoms with van der Waals surface area (Å²) in [7, 11) is 0. The molecule has 4 nitrogen and oxygen atoms in total. The monoisotopic (exact) mass is 347 g/mol. The van der Waals surface area contributed by atoms with Gasteiger partial charge in [0, 0.05) is 4.88 Å². The summed E-state index contributed by atoms with van der Waals surface area (Å²) in [6, 6.07) is 6.37. The molecule has 1 aliphatic rings. The molecule has 3 rings (SSSR count). The van der Waals surface area contributed by atoms with Crippen molar-refractivity contribution >= 4 is 28.9 Å². The zero-order valence-corrected chi connectivity index (χ0v) is 14.2. The van der Waals surface area contributed by atoms with Crippen LogP contribution in [-0.4, -0.2) is 18.5 Å². The Morgan fingerprint density at radius 1 is 1.25 bits per heavy atom. The first kappa shape index (κ1) is 16.6. The molecule has 0 bridgehead atoms. The van der Waals surface area contributed by atoms with Gasteiger partial charge in [-0.15, -0.1) is 11.3 Å². The third-order valence-electron chi connectivity index (χ3n) is 3.93. The number of halogens is 1. The van der Waals surface area contributed by atoms with E-state index < -0.39 is 24.3 Å². The number of anilines is 1. The van der Waals surface area contributed by atoms with Crippen LogP contribution in [0.3, 0.4) is 0 Å². The molecular formula is C18H18FNO3S. The highest BCUT2D eigenvalue weighted by Gasteiger charge is 2.19. The molecule has 24 heavy (non-hydrogen) atoms. The third-order valence-corrected chi connectivity index (χ3v) is 5.15. The maximum Gasteiger partial charge on any atom is 0.348 e. The Hall–Kier alpha value is -2.21. The maximum absolute atomic E-state index is 13.7. The standard InChI is InChI=1S/C18H18FNO3S/c1-11-6-7-14(13(19)8-11)20-17(21)10-23-18(22)16-9-12-4-2-3-5-15(12)24-16/h6-9H,2-5,10H2,1H3,(H,20,21). The predicted molar refractivity (Wildman–Crippen MR) is 91.0 cm³/mol. The van der Waals surface area contributed by atoms with Crippen molar-refractivity contribution in [3.8, 4) is 0 Å². The molecule has 0 unspecified atom stereocenters. The smallest absolute Gasteiger partial charge is 0.348 e. The molecule has 0 fully saturated rings. The number of rotatable bonds is 4. The second-order valence-corrected chi connectivity index (χ2v) is 7.01. The minimum atomic E-state index is -0.563. The molecule has 0 atom stereocenters. The van der Waals surface area contributed by atoms with Crippen molar-refractivity contribution < 1.29 is 18.7 Å². The quantitative estimate of drug-likeness (QED) is 0.854. The number of hydrogen-bond donors (Lipinski definition) is 1. The number of carbonyl (C=O) groups excluding carboxylic acids is 2. The lowest BCUT2D eigenvalue weighted by molar-refractivity contribution is -0.119. The van der Waals surface area contributed by atoms with Crippen molar-refractivity contribution in [2.75, 3.05) is 11.9 Å². The van der Waals surface area contributed by atoms with E-state index in [1.165, 1.54) is 33.9 Å². The topological polar surface area (TPSA) is 55.4 Å². The van der Waals surface area contributed by atoms with Crippen molar-refractivity contribution in [1.29, 1.82) is 0 Å². The molecule has 0 spiro atoms. The number of thiophene rings is 1. The van der Waals surface area contributed by atoms with Gasteiger partial charge in [-0.2, -0.15) is 0 Å². The molecular weight excluding hydrogens is 329 g/mol. The Kier molecular flexibility index (Phi) is 4.94. The molecule has 1 N–H and O–H groups in total. The summed E-state index contributed by atoms with van der Waals surface area (Å²) in [5, 5.41) is 2.41. The van der Waals surface area contributed by atoms with Gasteiger partial charge >= 0.3 is 5.97 Å². The van der Waals surface area contributed by atoms with Gasteiger partial charge in [-0.1, -0.05) is 6.07 Å². The Morgan fingerprint density at radius 3 is 2.79 bits per heavy atom. The summed E-state index contributed by atoms with van der Waals surface area (Å²) >= 11 is 1.44. The zero-order chi connectivity index (χ0) is 17.1. The molecule has 1 heterocycles.